The summed E-state index contributed by atoms with van der Waals surface area (Å²) < 4.78 is 0. The highest BCUT2D eigenvalue weighted by Gasteiger charge is 2.05. The molecule has 1 aromatic carbocycles. The van der Waals surface area contributed by atoms with E-state index < -0.39 is 0 Å². The molecule has 0 fully saturated rings. The second-order valence-corrected chi connectivity index (χ2v) is 5.43. The summed E-state index contributed by atoms with van der Waals surface area (Å²) in [5, 5.41) is 2.93. The predicted octanol–water partition coefficient (Wildman–Crippen LogP) is 2.34. The molecule has 0 spiro atoms. The quantitative estimate of drug-likeness (QED) is 0.792. The largest absolute Gasteiger partial charge is 0.356 e. The van der Waals surface area contributed by atoms with Gasteiger partial charge in [0.05, 0.1) is 0 Å². The van der Waals surface area contributed by atoms with E-state index in [0.717, 1.165) is 12.8 Å². The lowest BCUT2D eigenvalue weighted by Gasteiger charge is -2.10. The lowest BCUT2D eigenvalue weighted by molar-refractivity contribution is -0.121. The van der Waals surface area contributed by atoms with Gasteiger partial charge in [0.2, 0.25) is 5.91 Å². The lowest BCUT2D eigenvalue weighted by atomic mass is 10.0. The molecule has 1 amide bonds. The molecule has 1 rings (SSSR count). The molecule has 0 aromatic heterocycles. The van der Waals surface area contributed by atoms with Crippen LogP contribution < -0.4 is 11.1 Å². The summed E-state index contributed by atoms with van der Waals surface area (Å²) in [4.78, 5) is 11.7. The molecule has 19 heavy (non-hydrogen) atoms. The van der Waals surface area contributed by atoms with Crippen LogP contribution in [-0.2, 0) is 11.2 Å². The summed E-state index contributed by atoms with van der Waals surface area (Å²) in [6.07, 6.45) is 2.45. The smallest absolute Gasteiger partial charge is 0.220 e. The van der Waals surface area contributed by atoms with Crippen LogP contribution in [0.25, 0.3) is 0 Å². The fourth-order valence-electron chi connectivity index (χ4n) is 1.97. The van der Waals surface area contributed by atoms with Crippen molar-refractivity contribution in [2.45, 2.75) is 40.0 Å². The molecule has 3 heteroatoms. The second kappa shape index (κ2) is 7.95. The first-order chi connectivity index (χ1) is 9.02. The van der Waals surface area contributed by atoms with E-state index in [4.69, 9.17) is 5.73 Å². The van der Waals surface area contributed by atoms with Crippen molar-refractivity contribution >= 4 is 5.91 Å². The number of hydrogen-bond acceptors (Lipinski definition) is 2. The standard InChI is InChI=1S/C16H26N2O/c1-12-7-8-14(3)15(9-12)5-4-6-16(19)18-11-13(2)10-17/h7-9,13H,4-6,10-11,17H2,1-3H3,(H,18,19). The van der Waals surface area contributed by atoms with Gasteiger partial charge in [-0.25, -0.2) is 0 Å². The number of benzene rings is 1. The maximum absolute atomic E-state index is 11.7. The van der Waals surface area contributed by atoms with Crippen LogP contribution in [0, 0.1) is 19.8 Å². The van der Waals surface area contributed by atoms with Gasteiger partial charge in [-0.1, -0.05) is 30.7 Å². The molecule has 1 aromatic rings. The number of hydrogen-bond donors (Lipinski definition) is 2. The van der Waals surface area contributed by atoms with Crippen LogP contribution in [-0.4, -0.2) is 19.0 Å². The molecule has 0 aliphatic carbocycles. The highest BCUT2D eigenvalue weighted by atomic mass is 16.1. The first-order valence-corrected chi connectivity index (χ1v) is 7.05. The first kappa shape index (κ1) is 15.7. The van der Waals surface area contributed by atoms with Crippen molar-refractivity contribution in [2.75, 3.05) is 13.1 Å². The van der Waals surface area contributed by atoms with Crippen molar-refractivity contribution in [3.63, 3.8) is 0 Å². The van der Waals surface area contributed by atoms with Gasteiger partial charge >= 0.3 is 0 Å². The minimum absolute atomic E-state index is 0.130. The zero-order chi connectivity index (χ0) is 14.3. The van der Waals surface area contributed by atoms with Crippen molar-refractivity contribution in [3.8, 4) is 0 Å². The molecule has 0 saturated carbocycles. The SMILES string of the molecule is Cc1ccc(C)c(CCCC(=O)NCC(C)CN)c1. The zero-order valence-electron chi connectivity index (χ0n) is 12.3. The van der Waals surface area contributed by atoms with Crippen molar-refractivity contribution in [1.29, 1.82) is 0 Å². The van der Waals surface area contributed by atoms with Gasteiger partial charge in [0.15, 0.2) is 0 Å². The minimum atomic E-state index is 0.130. The van der Waals surface area contributed by atoms with Crippen molar-refractivity contribution in [1.82, 2.24) is 5.32 Å². The summed E-state index contributed by atoms with van der Waals surface area (Å²) in [6, 6.07) is 6.48. The van der Waals surface area contributed by atoms with E-state index in [1.165, 1.54) is 16.7 Å². The number of nitrogens with two attached hydrogens (primary N) is 1. The van der Waals surface area contributed by atoms with E-state index in [0.29, 0.717) is 25.4 Å². The average Bonchev–Trinajstić information content (AvgIpc) is 2.40. The molecule has 0 bridgehead atoms. The average molecular weight is 262 g/mol. The number of carbonyl (C=O) groups excluding carboxylic acids is 1. The Bertz CT molecular complexity index is 415. The van der Waals surface area contributed by atoms with E-state index in [2.05, 4.69) is 37.4 Å². The Hall–Kier alpha value is -1.35. The van der Waals surface area contributed by atoms with Crippen molar-refractivity contribution in [2.24, 2.45) is 11.7 Å². The second-order valence-electron chi connectivity index (χ2n) is 5.43. The maximum Gasteiger partial charge on any atom is 0.220 e. The molecule has 0 aliphatic heterocycles. The number of aryl methyl sites for hydroxylation is 3. The molecule has 0 aliphatic rings. The Balaban J connectivity index is 2.30. The van der Waals surface area contributed by atoms with E-state index in [-0.39, 0.29) is 5.91 Å². The number of carbonyl (C=O) groups is 1. The molecule has 0 heterocycles. The van der Waals surface area contributed by atoms with Gasteiger partial charge in [0.25, 0.3) is 0 Å². The normalized spacial score (nSPS) is 12.2. The van der Waals surface area contributed by atoms with Crippen LogP contribution in [0.1, 0.15) is 36.5 Å². The van der Waals surface area contributed by atoms with E-state index in [1.807, 2.05) is 6.92 Å². The van der Waals surface area contributed by atoms with Gasteiger partial charge in [0.1, 0.15) is 0 Å². The summed E-state index contributed by atoms with van der Waals surface area (Å²) in [5.74, 6) is 0.480. The number of amides is 1. The van der Waals surface area contributed by atoms with E-state index in [9.17, 15) is 4.79 Å². The molecular formula is C16H26N2O. The van der Waals surface area contributed by atoms with Crippen LogP contribution in [0.4, 0.5) is 0 Å². The van der Waals surface area contributed by atoms with E-state index >= 15 is 0 Å². The Labute approximate surface area is 116 Å². The maximum atomic E-state index is 11.7. The van der Waals surface area contributed by atoms with Crippen LogP contribution in [0.2, 0.25) is 0 Å². The van der Waals surface area contributed by atoms with Crippen LogP contribution in [0.5, 0.6) is 0 Å². The fraction of sp³-hybridized carbons (Fsp3) is 0.562. The Morgan fingerprint density at radius 3 is 2.79 bits per heavy atom. The molecule has 3 N–H and O–H groups in total. The topological polar surface area (TPSA) is 55.1 Å². The lowest BCUT2D eigenvalue weighted by Crippen LogP contribution is -2.31. The molecular weight excluding hydrogens is 236 g/mol. The monoisotopic (exact) mass is 262 g/mol. The third-order valence-corrected chi connectivity index (χ3v) is 3.40. The highest BCUT2D eigenvalue weighted by molar-refractivity contribution is 5.75. The summed E-state index contributed by atoms with van der Waals surface area (Å²) >= 11 is 0. The van der Waals surface area contributed by atoms with Crippen molar-refractivity contribution < 1.29 is 4.79 Å². The summed E-state index contributed by atoms with van der Waals surface area (Å²) in [7, 11) is 0. The molecule has 106 valence electrons. The van der Waals surface area contributed by atoms with Crippen LogP contribution >= 0.6 is 0 Å². The summed E-state index contributed by atoms with van der Waals surface area (Å²) in [6.45, 7) is 7.56. The summed E-state index contributed by atoms with van der Waals surface area (Å²) in [5.41, 5.74) is 9.45. The molecule has 0 radical (unpaired) electrons. The Morgan fingerprint density at radius 2 is 2.11 bits per heavy atom. The Kier molecular flexibility index (Phi) is 6.57. The molecule has 3 nitrogen and oxygen atoms in total. The molecule has 0 saturated heterocycles. The number of nitrogens with one attached hydrogen (secondary N) is 1. The Morgan fingerprint density at radius 1 is 1.37 bits per heavy atom. The predicted molar refractivity (Wildman–Crippen MR) is 80.1 cm³/mol. The number of rotatable bonds is 7. The van der Waals surface area contributed by atoms with Gasteiger partial charge < -0.3 is 11.1 Å². The highest BCUT2D eigenvalue weighted by Crippen LogP contribution is 2.13. The first-order valence-electron chi connectivity index (χ1n) is 7.05. The van der Waals surface area contributed by atoms with Gasteiger partial charge in [-0.2, -0.15) is 0 Å². The van der Waals surface area contributed by atoms with Gasteiger partial charge in [-0.3, -0.25) is 4.79 Å². The van der Waals surface area contributed by atoms with Crippen LogP contribution in [0.15, 0.2) is 18.2 Å². The third-order valence-electron chi connectivity index (χ3n) is 3.40. The van der Waals surface area contributed by atoms with Gasteiger partial charge in [-0.15, -0.1) is 0 Å². The third kappa shape index (κ3) is 5.88. The van der Waals surface area contributed by atoms with Gasteiger partial charge in [-0.05, 0) is 50.3 Å². The zero-order valence-corrected chi connectivity index (χ0v) is 12.3. The van der Waals surface area contributed by atoms with Gasteiger partial charge in [0, 0.05) is 13.0 Å². The minimum Gasteiger partial charge on any atom is -0.356 e. The van der Waals surface area contributed by atoms with E-state index in [1.54, 1.807) is 0 Å². The molecule has 1 unspecified atom stereocenters. The fourth-order valence-corrected chi connectivity index (χ4v) is 1.97. The van der Waals surface area contributed by atoms with Crippen molar-refractivity contribution in [3.05, 3.63) is 34.9 Å². The van der Waals surface area contributed by atoms with Crippen LogP contribution in [0.3, 0.4) is 0 Å². The molecule has 1 atom stereocenters.